The lowest BCUT2D eigenvalue weighted by Crippen LogP contribution is -2.38. The summed E-state index contributed by atoms with van der Waals surface area (Å²) in [5, 5.41) is 3.00. The number of carbonyl (C=O) groups is 2. The Morgan fingerprint density at radius 1 is 1.25 bits per heavy atom. The van der Waals surface area contributed by atoms with E-state index in [1.54, 1.807) is 25.1 Å². The average molecular weight is 326 g/mol. The zero-order valence-electron chi connectivity index (χ0n) is 14.2. The lowest BCUT2D eigenvalue weighted by atomic mass is 10.1. The summed E-state index contributed by atoms with van der Waals surface area (Å²) < 4.78 is 0. The number of fused-ring (bicyclic) bond motifs is 1. The smallest absolute Gasteiger partial charge is 0.269 e. The molecule has 2 amide bonds. The van der Waals surface area contributed by atoms with Gasteiger partial charge in [0.2, 0.25) is 0 Å². The SMILES string of the molecule is CC1CN(Cc2ccc(C(=O)N(C)C)[nH]2)c2ccccc2C(=O)N1. The molecular formula is C18H22N4O2. The Labute approximate surface area is 141 Å². The fourth-order valence-electron chi connectivity index (χ4n) is 2.97. The number of aromatic amines is 1. The summed E-state index contributed by atoms with van der Waals surface area (Å²) in [6, 6.07) is 11.4. The van der Waals surface area contributed by atoms with Crippen molar-refractivity contribution in [2.24, 2.45) is 0 Å². The Kier molecular flexibility index (Phi) is 4.29. The number of hydrogen-bond acceptors (Lipinski definition) is 3. The highest BCUT2D eigenvalue weighted by Gasteiger charge is 2.24. The lowest BCUT2D eigenvalue weighted by Gasteiger charge is -2.25. The highest BCUT2D eigenvalue weighted by Crippen LogP contribution is 2.25. The van der Waals surface area contributed by atoms with Gasteiger partial charge in [-0.2, -0.15) is 0 Å². The van der Waals surface area contributed by atoms with Crippen LogP contribution in [0, 0.1) is 0 Å². The largest absolute Gasteiger partial charge is 0.363 e. The number of nitrogens with zero attached hydrogens (tertiary/aromatic N) is 2. The summed E-state index contributed by atoms with van der Waals surface area (Å²) in [6.45, 7) is 3.31. The molecule has 126 valence electrons. The van der Waals surface area contributed by atoms with Gasteiger partial charge >= 0.3 is 0 Å². The molecule has 0 radical (unpaired) electrons. The van der Waals surface area contributed by atoms with Crippen LogP contribution in [-0.2, 0) is 6.54 Å². The molecule has 0 saturated heterocycles. The van der Waals surface area contributed by atoms with Crippen molar-refractivity contribution >= 4 is 17.5 Å². The molecule has 1 aromatic carbocycles. The Hall–Kier alpha value is -2.76. The quantitative estimate of drug-likeness (QED) is 0.904. The second-order valence-electron chi connectivity index (χ2n) is 6.37. The van der Waals surface area contributed by atoms with Crippen molar-refractivity contribution in [3.8, 4) is 0 Å². The van der Waals surface area contributed by atoms with Gasteiger partial charge in [0.15, 0.2) is 0 Å². The van der Waals surface area contributed by atoms with Gasteiger partial charge < -0.3 is 20.1 Å². The van der Waals surface area contributed by atoms with Gasteiger partial charge in [-0.1, -0.05) is 12.1 Å². The highest BCUT2D eigenvalue weighted by atomic mass is 16.2. The van der Waals surface area contributed by atoms with Gasteiger partial charge in [-0.3, -0.25) is 9.59 Å². The Bertz CT molecular complexity index is 766. The molecular weight excluding hydrogens is 304 g/mol. The van der Waals surface area contributed by atoms with Gasteiger partial charge in [0.05, 0.1) is 12.1 Å². The van der Waals surface area contributed by atoms with E-state index in [1.807, 2.05) is 37.3 Å². The zero-order valence-corrected chi connectivity index (χ0v) is 14.2. The predicted octanol–water partition coefficient (Wildman–Crippen LogP) is 1.85. The number of H-pyrrole nitrogens is 1. The summed E-state index contributed by atoms with van der Waals surface area (Å²) in [4.78, 5) is 31.2. The van der Waals surface area contributed by atoms with E-state index < -0.39 is 0 Å². The van der Waals surface area contributed by atoms with Crippen LogP contribution in [0.3, 0.4) is 0 Å². The highest BCUT2D eigenvalue weighted by molar-refractivity contribution is 6.00. The number of hydrogen-bond donors (Lipinski definition) is 2. The molecule has 24 heavy (non-hydrogen) atoms. The monoisotopic (exact) mass is 326 g/mol. The first-order valence-electron chi connectivity index (χ1n) is 8.00. The van der Waals surface area contributed by atoms with E-state index in [4.69, 9.17) is 0 Å². The Balaban J connectivity index is 1.87. The number of rotatable bonds is 3. The summed E-state index contributed by atoms with van der Waals surface area (Å²) in [7, 11) is 3.46. The summed E-state index contributed by atoms with van der Waals surface area (Å²) >= 11 is 0. The van der Waals surface area contributed by atoms with E-state index in [9.17, 15) is 9.59 Å². The van der Waals surface area contributed by atoms with Gasteiger partial charge in [-0.05, 0) is 31.2 Å². The summed E-state index contributed by atoms with van der Waals surface area (Å²) in [5.41, 5.74) is 3.10. The number of para-hydroxylation sites is 1. The third kappa shape index (κ3) is 3.13. The standard InChI is InChI=1S/C18H22N4O2/c1-12-10-22(16-7-5-4-6-14(16)17(23)19-12)11-13-8-9-15(20-13)18(24)21(2)3/h4-9,12,20H,10-11H2,1-3H3,(H,19,23). The fraction of sp³-hybridized carbons (Fsp3) is 0.333. The lowest BCUT2D eigenvalue weighted by molar-refractivity contribution is 0.0822. The molecule has 6 nitrogen and oxygen atoms in total. The average Bonchev–Trinajstić information content (AvgIpc) is 2.97. The van der Waals surface area contributed by atoms with Crippen molar-refractivity contribution < 1.29 is 9.59 Å². The van der Waals surface area contributed by atoms with Crippen LogP contribution in [0.2, 0.25) is 0 Å². The van der Waals surface area contributed by atoms with Crippen molar-refractivity contribution in [1.82, 2.24) is 15.2 Å². The zero-order chi connectivity index (χ0) is 17.3. The van der Waals surface area contributed by atoms with E-state index in [2.05, 4.69) is 15.2 Å². The van der Waals surface area contributed by atoms with Crippen molar-refractivity contribution in [2.75, 3.05) is 25.5 Å². The molecule has 1 aliphatic heterocycles. The van der Waals surface area contributed by atoms with Crippen LogP contribution in [0.5, 0.6) is 0 Å². The number of amides is 2. The molecule has 0 aliphatic carbocycles. The van der Waals surface area contributed by atoms with Crippen LogP contribution < -0.4 is 10.2 Å². The molecule has 0 spiro atoms. The summed E-state index contributed by atoms with van der Waals surface area (Å²) in [5.74, 6) is -0.0988. The van der Waals surface area contributed by atoms with Gasteiger partial charge in [0, 0.05) is 38.1 Å². The first-order chi connectivity index (χ1) is 11.5. The molecule has 0 saturated carbocycles. The second kappa shape index (κ2) is 6.39. The number of benzene rings is 1. The molecule has 6 heteroatoms. The van der Waals surface area contributed by atoms with Crippen molar-refractivity contribution in [2.45, 2.75) is 19.5 Å². The van der Waals surface area contributed by atoms with E-state index in [1.165, 1.54) is 0 Å². The third-order valence-electron chi connectivity index (χ3n) is 4.11. The van der Waals surface area contributed by atoms with Crippen LogP contribution in [0.25, 0.3) is 0 Å². The molecule has 1 aromatic heterocycles. The maximum absolute atomic E-state index is 12.3. The van der Waals surface area contributed by atoms with Gasteiger partial charge in [-0.25, -0.2) is 0 Å². The first-order valence-corrected chi connectivity index (χ1v) is 8.00. The first kappa shape index (κ1) is 16.1. The van der Waals surface area contributed by atoms with E-state index >= 15 is 0 Å². The van der Waals surface area contributed by atoms with Crippen molar-refractivity contribution in [1.29, 1.82) is 0 Å². The van der Waals surface area contributed by atoms with Crippen LogP contribution in [0.1, 0.15) is 33.5 Å². The summed E-state index contributed by atoms with van der Waals surface area (Å²) in [6.07, 6.45) is 0. The number of nitrogens with one attached hydrogen (secondary N) is 2. The second-order valence-corrected chi connectivity index (χ2v) is 6.37. The molecule has 1 aliphatic rings. The van der Waals surface area contributed by atoms with Crippen molar-refractivity contribution in [3.05, 3.63) is 53.3 Å². The number of anilines is 1. The minimum Gasteiger partial charge on any atom is -0.363 e. The molecule has 0 fully saturated rings. The van der Waals surface area contributed by atoms with Crippen LogP contribution in [-0.4, -0.2) is 48.4 Å². The minimum atomic E-state index is -0.0530. The van der Waals surface area contributed by atoms with Gasteiger partial charge in [0.1, 0.15) is 5.69 Å². The number of carbonyl (C=O) groups excluding carboxylic acids is 2. The predicted molar refractivity (Wildman–Crippen MR) is 93.2 cm³/mol. The van der Waals surface area contributed by atoms with E-state index in [0.29, 0.717) is 24.3 Å². The van der Waals surface area contributed by atoms with Crippen LogP contribution >= 0.6 is 0 Å². The Morgan fingerprint density at radius 3 is 2.75 bits per heavy atom. The normalized spacial score (nSPS) is 17.0. The van der Waals surface area contributed by atoms with Crippen molar-refractivity contribution in [3.63, 3.8) is 0 Å². The van der Waals surface area contributed by atoms with Crippen LogP contribution in [0.4, 0.5) is 5.69 Å². The van der Waals surface area contributed by atoms with E-state index in [-0.39, 0.29) is 17.9 Å². The fourth-order valence-corrected chi connectivity index (χ4v) is 2.97. The molecule has 1 atom stereocenters. The third-order valence-corrected chi connectivity index (χ3v) is 4.11. The van der Waals surface area contributed by atoms with Gasteiger partial charge in [-0.15, -0.1) is 0 Å². The maximum atomic E-state index is 12.3. The van der Waals surface area contributed by atoms with Crippen LogP contribution in [0.15, 0.2) is 36.4 Å². The minimum absolute atomic E-state index is 0.0442. The molecule has 3 rings (SSSR count). The maximum Gasteiger partial charge on any atom is 0.269 e. The van der Waals surface area contributed by atoms with Gasteiger partial charge in [0.25, 0.3) is 11.8 Å². The topological polar surface area (TPSA) is 68.4 Å². The molecule has 0 bridgehead atoms. The number of aromatic nitrogens is 1. The van der Waals surface area contributed by atoms with E-state index in [0.717, 1.165) is 11.4 Å². The molecule has 1 unspecified atom stereocenters. The molecule has 2 aromatic rings. The molecule has 2 heterocycles. The Morgan fingerprint density at radius 2 is 2.00 bits per heavy atom. The molecule has 2 N–H and O–H groups in total.